The molecule has 0 bridgehead atoms. The van der Waals surface area contributed by atoms with Gasteiger partial charge in [0.15, 0.2) is 6.10 Å². The lowest BCUT2D eigenvalue weighted by atomic mass is 10.1. The average Bonchev–Trinajstić information content (AvgIpc) is 3.05. The molecule has 0 saturated heterocycles. The molecule has 3 rings (SSSR count). The van der Waals surface area contributed by atoms with Gasteiger partial charge in [-0.15, -0.1) is 0 Å². The molecule has 26 heavy (non-hydrogen) atoms. The number of hydrogen-bond donors (Lipinski definition) is 1. The fourth-order valence-corrected chi connectivity index (χ4v) is 4.07. The van der Waals surface area contributed by atoms with Crippen LogP contribution < -0.4 is 10.1 Å². The number of ether oxygens (including phenoxy) is 1. The Hall–Kier alpha value is -2.38. The number of benzene rings is 2. The van der Waals surface area contributed by atoms with E-state index in [9.17, 15) is 13.2 Å². The van der Waals surface area contributed by atoms with Gasteiger partial charge in [0.25, 0.3) is 5.91 Å². The van der Waals surface area contributed by atoms with E-state index in [0.29, 0.717) is 12.1 Å². The molecule has 1 aliphatic heterocycles. The van der Waals surface area contributed by atoms with Crippen molar-refractivity contribution in [2.75, 3.05) is 12.4 Å². The van der Waals surface area contributed by atoms with Gasteiger partial charge in [-0.3, -0.25) is 4.79 Å². The summed E-state index contributed by atoms with van der Waals surface area (Å²) < 4.78 is 31.9. The first-order chi connectivity index (χ1) is 12.3. The average molecular weight is 374 g/mol. The van der Waals surface area contributed by atoms with E-state index in [1.807, 2.05) is 38.1 Å². The summed E-state index contributed by atoms with van der Waals surface area (Å²) in [5.41, 5.74) is 1.53. The summed E-state index contributed by atoms with van der Waals surface area (Å²) in [5.74, 6) is 0.474. The maximum absolute atomic E-state index is 12.5. The molecule has 0 fully saturated rings. The SMILES string of the molecule is CC(C)N(C)S(=O)(=O)c1ccc(NC(=O)C2Cc3ccccc3O2)cc1. The molecular formula is C19H22N2O4S. The maximum Gasteiger partial charge on any atom is 0.265 e. The van der Waals surface area contributed by atoms with Crippen LogP contribution in [-0.2, 0) is 21.2 Å². The smallest absolute Gasteiger partial charge is 0.265 e. The molecule has 1 aliphatic rings. The van der Waals surface area contributed by atoms with Gasteiger partial charge in [-0.05, 0) is 49.7 Å². The van der Waals surface area contributed by atoms with Crippen LogP contribution in [0.15, 0.2) is 53.4 Å². The standard InChI is InChI=1S/C19H22N2O4S/c1-13(2)21(3)26(23,24)16-10-8-15(9-11-16)20-19(22)18-12-14-6-4-5-7-17(14)25-18/h4-11,13,18H,12H2,1-3H3,(H,20,22). The van der Waals surface area contributed by atoms with Crippen molar-refractivity contribution >= 4 is 21.6 Å². The largest absolute Gasteiger partial charge is 0.480 e. The van der Waals surface area contributed by atoms with Crippen LogP contribution in [-0.4, -0.2) is 37.8 Å². The summed E-state index contributed by atoms with van der Waals surface area (Å²) in [6.07, 6.45) is -0.0592. The minimum Gasteiger partial charge on any atom is -0.480 e. The molecule has 138 valence electrons. The zero-order chi connectivity index (χ0) is 18.9. The second-order valence-electron chi connectivity index (χ2n) is 6.55. The van der Waals surface area contributed by atoms with Crippen molar-refractivity contribution in [1.29, 1.82) is 0 Å². The quantitative estimate of drug-likeness (QED) is 0.873. The van der Waals surface area contributed by atoms with Crippen molar-refractivity contribution in [2.24, 2.45) is 0 Å². The number of anilines is 1. The Balaban J connectivity index is 1.68. The lowest BCUT2D eigenvalue weighted by Crippen LogP contribution is -2.33. The number of para-hydroxylation sites is 1. The van der Waals surface area contributed by atoms with Gasteiger partial charge >= 0.3 is 0 Å². The zero-order valence-electron chi connectivity index (χ0n) is 15.0. The van der Waals surface area contributed by atoms with Crippen molar-refractivity contribution in [3.8, 4) is 5.75 Å². The normalized spacial score (nSPS) is 16.4. The Bertz CT molecular complexity index is 882. The summed E-state index contributed by atoms with van der Waals surface area (Å²) >= 11 is 0. The number of hydrogen-bond acceptors (Lipinski definition) is 4. The number of carbonyl (C=O) groups excluding carboxylic acids is 1. The van der Waals surface area contributed by atoms with Crippen LogP contribution in [0.2, 0.25) is 0 Å². The molecule has 0 aliphatic carbocycles. The Morgan fingerprint density at radius 2 is 1.81 bits per heavy atom. The van der Waals surface area contributed by atoms with E-state index in [1.165, 1.54) is 16.4 Å². The summed E-state index contributed by atoms with van der Waals surface area (Å²) in [6, 6.07) is 13.6. The van der Waals surface area contributed by atoms with Crippen molar-refractivity contribution < 1.29 is 17.9 Å². The molecule has 2 aromatic carbocycles. The summed E-state index contributed by atoms with van der Waals surface area (Å²) in [4.78, 5) is 12.6. The monoisotopic (exact) mass is 374 g/mol. The molecule has 1 atom stereocenters. The van der Waals surface area contributed by atoms with Gasteiger partial charge in [0.05, 0.1) is 4.90 Å². The van der Waals surface area contributed by atoms with E-state index in [1.54, 1.807) is 19.2 Å². The van der Waals surface area contributed by atoms with Gasteiger partial charge < -0.3 is 10.1 Å². The van der Waals surface area contributed by atoms with Crippen molar-refractivity contribution in [2.45, 2.75) is 37.3 Å². The van der Waals surface area contributed by atoms with Crippen LogP contribution in [0.4, 0.5) is 5.69 Å². The molecule has 0 spiro atoms. The van der Waals surface area contributed by atoms with Crippen LogP contribution in [0.25, 0.3) is 0 Å². The van der Waals surface area contributed by atoms with Crippen LogP contribution in [0.1, 0.15) is 19.4 Å². The minimum atomic E-state index is -3.54. The Morgan fingerprint density at radius 1 is 1.15 bits per heavy atom. The number of sulfonamides is 1. The second-order valence-corrected chi connectivity index (χ2v) is 8.54. The molecule has 0 aromatic heterocycles. The first-order valence-electron chi connectivity index (χ1n) is 8.42. The molecule has 1 unspecified atom stereocenters. The third kappa shape index (κ3) is 3.59. The third-order valence-electron chi connectivity index (χ3n) is 4.47. The number of nitrogens with zero attached hydrogens (tertiary/aromatic N) is 1. The van der Waals surface area contributed by atoms with Crippen LogP contribution >= 0.6 is 0 Å². The molecule has 1 amide bonds. The highest BCUT2D eigenvalue weighted by atomic mass is 32.2. The Morgan fingerprint density at radius 3 is 2.42 bits per heavy atom. The molecule has 0 saturated carbocycles. The molecule has 1 N–H and O–H groups in total. The highest BCUT2D eigenvalue weighted by Crippen LogP contribution is 2.28. The highest BCUT2D eigenvalue weighted by molar-refractivity contribution is 7.89. The number of carbonyl (C=O) groups is 1. The van der Waals surface area contributed by atoms with E-state index in [2.05, 4.69) is 5.32 Å². The van der Waals surface area contributed by atoms with Crippen LogP contribution in [0.5, 0.6) is 5.75 Å². The third-order valence-corrected chi connectivity index (χ3v) is 6.51. The second kappa shape index (κ2) is 7.09. The fourth-order valence-electron chi connectivity index (χ4n) is 2.71. The van der Waals surface area contributed by atoms with E-state index in [4.69, 9.17) is 4.74 Å². The molecule has 7 heteroatoms. The number of fused-ring (bicyclic) bond motifs is 1. The number of amides is 1. The van der Waals surface area contributed by atoms with Crippen molar-refractivity contribution in [3.05, 3.63) is 54.1 Å². The van der Waals surface area contributed by atoms with Crippen molar-refractivity contribution in [3.63, 3.8) is 0 Å². The number of rotatable bonds is 5. The maximum atomic E-state index is 12.5. The highest BCUT2D eigenvalue weighted by Gasteiger charge is 2.29. The topological polar surface area (TPSA) is 75.7 Å². The fraction of sp³-hybridized carbons (Fsp3) is 0.316. The lowest BCUT2D eigenvalue weighted by molar-refractivity contribution is -0.122. The molecule has 0 radical (unpaired) electrons. The minimum absolute atomic E-state index is 0.138. The van der Waals surface area contributed by atoms with Gasteiger partial charge in [0.2, 0.25) is 10.0 Å². The summed E-state index contributed by atoms with van der Waals surface area (Å²) in [7, 11) is -1.99. The Labute approximate surface area is 153 Å². The van der Waals surface area contributed by atoms with E-state index in [0.717, 1.165) is 11.3 Å². The first kappa shape index (κ1) is 18.4. The number of nitrogens with one attached hydrogen (secondary N) is 1. The molecular weight excluding hydrogens is 352 g/mol. The molecule has 2 aromatic rings. The summed E-state index contributed by atoms with van der Waals surface area (Å²) in [5, 5.41) is 2.78. The van der Waals surface area contributed by atoms with Crippen LogP contribution in [0, 0.1) is 0 Å². The van der Waals surface area contributed by atoms with Gasteiger partial charge in [-0.2, -0.15) is 4.31 Å². The van der Waals surface area contributed by atoms with Gasteiger partial charge in [0.1, 0.15) is 5.75 Å². The van der Waals surface area contributed by atoms with Crippen molar-refractivity contribution in [1.82, 2.24) is 4.31 Å². The lowest BCUT2D eigenvalue weighted by Gasteiger charge is -2.21. The predicted octanol–water partition coefficient (Wildman–Crippen LogP) is 2.66. The van der Waals surface area contributed by atoms with E-state index in [-0.39, 0.29) is 16.8 Å². The molecule has 6 nitrogen and oxygen atoms in total. The predicted molar refractivity (Wildman–Crippen MR) is 99.7 cm³/mol. The summed E-state index contributed by atoms with van der Waals surface area (Å²) in [6.45, 7) is 3.62. The van der Waals surface area contributed by atoms with Gasteiger partial charge in [-0.1, -0.05) is 18.2 Å². The van der Waals surface area contributed by atoms with Crippen LogP contribution in [0.3, 0.4) is 0 Å². The van der Waals surface area contributed by atoms with Gasteiger partial charge in [0, 0.05) is 25.2 Å². The van der Waals surface area contributed by atoms with E-state index >= 15 is 0 Å². The first-order valence-corrected chi connectivity index (χ1v) is 9.86. The van der Waals surface area contributed by atoms with E-state index < -0.39 is 16.1 Å². The Kier molecular flexibility index (Phi) is 5.02. The van der Waals surface area contributed by atoms with Gasteiger partial charge in [-0.25, -0.2) is 8.42 Å². The zero-order valence-corrected chi connectivity index (χ0v) is 15.8. The molecule has 1 heterocycles.